The zero-order valence-corrected chi connectivity index (χ0v) is 12.7. The van der Waals surface area contributed by atoms with Crippen LogP contribution in [0.4, 0.5) is 16.6 Å². The molecule has 0 aliphatic carbocycles. The van der Waals surface area contributed by atoms with Crippen LogP contribution in [0.2, 0.25) is 0 Å². The largest absolute Gasteiger partial charge is 0.369 e. The van der Waals surface area contributed by atoms with E-state index in [0.717, 1.165) is 21.1 Å². The summed E-state index contributed by atoms with van der Waals surface area (Å²) in [5.41, 5.74) is 0. The van der Waals surface area contributed by atoms with Crippen LogP contribution >= 0.6 is 27.3 Å². The fraction of sp³-hybridized carbons (Fsp3) is 0.250. The van der Waals surface area contributed by atoms with Crippen molar-refractivity contribution in [3.63, 3.8) is 0 Å². The van der Waals surface area contributed by atoms with Gasteiger partial charge in [0.1, 0.15) is 17.5 Å². The second-order valence-electron chi connectivity index (χ2n) is 3.77. The predicted octanol–water partition coefficient (Wildman–Crippen LogP) is 3.68. The smallest absolute Gasteiger partial charge is 0.136 e. The number of rotatable bonds is 5. The third kappa shape index (κ3) is 4.19. The lowest BCUT2D eigenvalue weighted by atomic mass is 10.4. The van der Waals surface area contributed by atoms with E-state index in [4.69, 9.17) is 5.26 Å². The highest BCUT2D eigenvalue weighted by Gasteiger charge is 2.03. The fourth-order valence-electron chi connectivity index (χ4n) is 1.47. The van der Waals surface area contributed by atoms with E-state index in [-0.39, 0.29) is 0 Å². The van der Waals surface area contributed by atoms with E-state index in [2.05, 4.69) is 42.6 Å². The number of thiophene rings is 1. The van der Waals surface area contributed by atoms with Gasteiger partial charge in [-0.1, -0.05) is 0 Å². The molecule has 2 aromatic rings. The van der Waals surface area contributed by atoms with Crippen LogP contribution < -0.4 is 10.6 Å². The molecule has 0 radical (unpaired) electrons. The van der Waals surface area contributed by atoms with Crippen LogP contribution in [0.1, 0.15) is 12.2 Å². The van der Waals surface area contributed by atoms with Crippen LogP contribution in [0.3, 0.4) is 0 Å². The van der Waals surface area contributed by atoms with Gasteiger partial charge in [0.25, 0.3) is 0 Å². The van der Waals surface area contributed by atoms with E-state index in [1.54, 1.807) is 11.3 Å². The SMILES string of the molecule is Cc1nc(NCCC#N)cc(Nc2cc(Br)cs2)n1. The normalized spacial score (nSPS) is 9.95. The molecule has 0 saturated heterocycles. The van der Waals surface area contributed by atoms with Crippen LogP contribution in [0.5, 0.6) is 0 Å². The summed E-state index contributed by atoms with van der Waals surface area (Å²) in [5.74, 6) is 2.14. The van der Waals surface area contributed by atoms with Gasteiger partial charge in [-0.05, 0) is 28.9 Å². The quantitative estimate of drug-likeness (QED) is 0.814. The molecule has 2 rings (SSSR count). The van der Waals surface area contributed by atoms with Crippen molar-refractivity contribution in [1.82, 2.24) is 9.97 Å². The lowest BCUT2D eigenvalue weighted by Crippen LogP contribution is -2.05. The number of aromatic nitrogens is 2. The molecule has 0 amide bonds. The molecular weight excluding hydrogens is 326 g/mol. The molecule has 0 fully saturated rings. The van der Waals surface area contributed by atoms with Gasteiger partial charge in [0.2, 0.25) is 0 Å². The van der Waals surface area contributed by atoms with Crippen molar-refractivity contribution in [2.45, 2.75) is 13.3 Å². The van der Waals surface area contributed by atoms with Crippen molar-refractivity contribution in [2.75, 3.05) is 17.2 Å². The first-order valence-corrected chi connectivity index (χ1v) is 7.32. The van der Waals surface area contributed by atoms with Crippen LogP contribution in [0.25, 0.3) is 0 Å². The van der Waals surface area contributed by atoms with Gasteiger partial charge in [0.05, 0.1) is 17.5 Å². The van der Waals surface area contributed by atoms with Gasteiger partial charge < -0.3 is 10.6 Å². The molecule has 0 aliphatic heterocycles. The van der Waals surface area contributed by atoms with Crippen molar-refractivity contribution in [3.8, 4) is 6.07 Å². The van der Waals surface area contributed by atoms with E-state index < -0.39 is 0 Å². The summed E-state index contributed by atoms with van der Waals surface area (Å²) < 4.78 is 1.04. The highest BCUT2D eigenvalue weighted by atomic mass is 79.9. The van der Waals surface area contributed by atoms with E-state index in [0.29, 0.717) is 18.8 Å². The third-order valence-corrected chi connectivity index (χ3v) is 3.81. The Morgan fingerprint density at radius 2 is 2.16 bits per heavy atom. The first-order valence-electron chi connectivity index (χ1n) is 5.65. The van der Waals surface area contributed by atoms with Crippen LogP contribution in [-0.2, 0) is 0 Å². The minimum Gasteiger partial charge on any atom is -0.369 e. The molecule has 2 N–H and O–H groups in total. The third-order valence-electron chi connectivity index (χ3n) is 2.20. The summed E-state index contributed by atoms with van der Waals surface area (Å²) in [4.78, 5) is 8.61. The molecule has 19 heavy (non-hydrogen) atoms. The molecule has 2 heterocycles. The summed E-state index contributed by atoms with van der Waals surface area (Å²) >= 11 is 5.01. The molecule has 0 atom stereocenters. The summed E-state index contributed by atoms with van der Waals surface area (Å²) in [6.07, 6.45) is 0.448. The van der Waals surface area contributed by atoms with Gasteiger partial charge in [-0.3, -0.25) is 0 Å². The van der Waals surface area contributed by atoms with Crippen molar-refractivity contribution in [2.24, 2.45) is 0 Å². The molecular formula is C12H12BrN5S. The Balaban J connectivity index is 2.10. The fourth-order valence-corrected chi connectivity index (χ4v) is 2.80. The highest BCUT2D eigenvalue weighted by Crippen LogP contribution is 2.27. The van der Waals surface area contributed by atoms with E-state index in [9.17, 15) is 0 Å². The molecule has 0 aromatic carbocycles. The van der Waals surface area contributed by atoms with Crippen LogP contribution in [0, 0.1) is 18.3 Å². The number of nitrogens with zero attached hydrogens (tertiary/aromatic N) is 3. The standard InChI is InChI=1S/C12H12BrN5S/c1-8-16-10(15-4-2-3-14)6-11(17-8)18-12-5-9(13)7-19-12/h5-7H,2,4H2,1H3,(H2,15,16,17,18). The number of nitrogens with one attached hydrogen (secondary N) is 2. The molecule has 0 unspecified atom stereocenters. The first kappa shape index (κ1) is 13.8. The predicted molar refractivity (Wildman–Crippen MR) is 80.8 cm³/mol. The van der Waals surface area contributed by atoms with Crippen molar-refractivity contribution < 1.29 is 0 Å². The molecule has 2 aromatic heterocycles. The number of hydrogen-bond acceptors (Lipinski definition) is 6. The second kappa shape index (κ2) is 6.50. The number of nitriles is 1. The average Bonchev–Trinajstić information content (AvgIpc) is 2.74. The zero-order chi connectivity index (χ0) is 13.7. The van der Waals surface area contributed by atoms with Gasteiger partial charge in [-0.25, -0.2) is 9.97 Å². The Morgan fingerprint density at radius 3 is 2.84 bits per heavy atom. The highest BCUT2D eigenvalue weighted by molar-refractivity contribution is 9.10. The number of aryl methyl sites for hydroxylation is 1. The Labute approximate surface area is 123 Å². The van der Waals surface area contributed by atoms with Gasteiger partial charge in [-0.2, -0.15) is 5.26 Å². The van der Waals surface area contributed by atoms with Crippen LogP contribution in [-0.4, -0.2) is 16.5 Å². The second-order valence-corrected chi connectivity index (χ2v) is 5.60. The number of hydrogen-bond donors (Lipinski definition) is 2. The molecule has 98 valence electrons. The van der Waals surface area contributed by atoms with E-state index in [1.165, 1.54) is 0 Å². The monoisotopic (exact) mass is 337 g/mol. The maximum absolute atomic E-state index is 8.51. The molecule has 5 nitrogen and oxygen atoms in total. The van der Waals surface area contributed by atoms with Gasteiger partial charge in [0.15, 0.2) is 0 Å². The molecule has 0 aliphatic rings. The lowest BCUT2D eigenvalue weighted by Gasteiger charge is -2.08. The molecule has 0 bridgehead atoms. The summed E-state index contributed by atoms with van der Waals surface area (Å²) in [6, 6.07) is 5.91. The maximum Gasteiger partial charge on any atom is 0.136 e. The Morgan fingerprint density at radius 1 is 1.37 bits per heavy atom. The number of anilines is 3. The zero-order valence-electron chi connectivity index (χ0n) is 10.3. The van der Waals surface area contributed by atoms with Crippen molar-refractivity contribution in [3.05, 3.63) is 27.8 Å². The van der Waals surface area contributed by atoms with Gasteiger partial charge in [-0.15, -0.1) is 11.3 Å². The Kier molecular flexibility index (Phi) is 4.71. The molecule has 0 spiro atoms. The minimum atomic E-state index is 0.448. The average molecular weight is 338 g/mol. The minimum absolute atomic E-state index is 0.448. The van der Waals surface area contributed by atoms with E-state index >= 15 is 0 Å². The van der Waals surface area contributed by atoms with Crippen LogP contribution in [0.15, 0.2) is 22.0 Å². The molecule has 7 heteroatoms. The maximum atomic E-state index is 8.51. The number of halogens is 1. The van der Waals surface area contributed by atoms with Gasteiger partial charge >= 0.3 is 0 Å². The summed E-state index contributed by atoms with van der Waals surface area (Å²) in [7, 11) is 0. The first-order chi connectivity index (χ1) is 9.17. The molecule has 0 saturated carbocycles. The Hall–Kier alpha value is -1.65. The summed E-state index contributed by atoms with van der Waals surface area (Å²) in [5, 5.41) is 17.8. The summed E-state index contributed by atoms with van der Waals surface area (Å²) in [6.45, 7) is 2.42. The van der Waals surface area contributed by atoms with E-state index in [1.807, 2.05) is 24.4 Å². The lowest BCUT2D eigenvalue weighted by molar-refractivity contribution is 1.01. The van der Waals surface area contributed by atoms with Gasteiger partial charge in [0, 0.05) is 22.5 Å². The topological polar surface area (TPSA) is 73.6 Å². The van der Waals surface area contributed by atoms with Crippen molar-refractivity contribution >= 4 is 43.9 Å². The Bertz CT molecular complexity index is 604. The van der Waals surface area contributed by atoms with Crippen molar-refractivity contribution in [1.29, 1.82) is 5.26 Å².